The van der Waals surface area contributed by atoms with E-state index < -0.39 is 0 Å². The van der Waals surface area contributed by atoms with Crippen LogP contribution in [0.4, 0.5) is 0 Å². The Hall–Kier alpha value is -0.0600. The summed E-state index contributed by atoms with van der Waals surface area (Å²) in [6, 6.07) is 4.14. The quantitative estimate of drug-likeness (QED) is 0.822. The topological polar surface area (TPSA) is 21.3 Å². The molecule has 0 bridgehead atoms. The van der Waals surface area contributed by atoms with Crippen molar-refractivity contribution in [3.8, 4) is 5.75 Å². The summed E-state index contributed by atoms with van der Waals surface area (Å²) in [5, 5.41) is 3.50. The van der Waals surface area contributed by atoms with E-state index >= 15 is 0 Å². The average molecular weight is 363 g/mol. The van der Waals surface area contributed by atoms with Crippen molar-refractivity contribution in [3.05, 3.63) is 26.6 Å². The first-order valence-corrected chi connectivity index (χ1v) is 7.60. The molecule has 1 aromatic carbocycles. The van der Waals surface area contributed by atoms with E-state index in [1.165, 1.54) is 18.4 Å². The minimum Gasteiger partial charge on any atom is -0.492 e. The van der Waals surface area contributed by atoms with Crippen molar-refractivity contribution in [1.29, 1.82) is 0 Å². The molecular weight excluding hydrogens is 346 g/mol. The zero-order valence-corrected chi connectivity index (χ0v) is 13.1. The maximum Gasteiger partial charge on any atom is 0.138 e. The molecule has 2 nitrogen and oxygen atoms in total. The normalized spacial score (nSPS) is 15.0. The molecule has 0 radical (unpaired) electrons. The van der Waals surface area contributed by atoms with Gasteiger partial charge in [-0.1, -0.05) is 15.9 Å². The second kappa shape index (κ2) is 6.21. The van der Waals surface area contributed by atoms with Gasteiger partial charge in [-0.2, -0.15) is 0 Å². The predicted molar refractivity (Wildman–Crippen MR) is 77.4 cm³/mol. The van der Waals surface area contributed by atoms with Crippen molar-refractivity contribution in [2.24, 2.45) is 5.92 Å². The van der Waals surface area contributed by atoms with Crippen LogP contribution in [0.5, 0.6) is 5.75 Å². The SMILES string of the molecule is CCOc1c(Br)cc(Br)cc1CNCC1CC1. The first-order chi connectivity index (χ1) is 8.20. The Morgan fingerprint density at radius 3 is 2.76 bits per heavy atom. The summed E-state index contributed by atoms with van der Waals surface area (Å²) < 4.78 is 7.78. The number of hydrogen-bond donors (Lipinski definition) is 1. The molecule has 17 heavy (non-hydrogen) atoms. The molecule has 0 aliphatic heterocycles. The van der Waals surface area contributed by atoms with Gasteiger partial charge in [0.15, 0.2) is 0 Å². The van der Waals surface area contributed by atoms with E-state index in [4.69, 9.17) is 4.74 Å². The molecule has 1 N–H and O–H groups in total. The fourth-order valence-corrected chi connectivity index (χ4v) is 3.21. The van der Waals surface area contributed by atoms with Gasteiger partial charge in [-0.15, -0.1) is 0 Å². The number of nitrogens with one attached hydrogen (secondary N) is 1. The van der Waals surface area contributed by atoms with Crippen LogP contribution >= 0.6 is 31.9 Å². The molecule has 1 aliphatic rings. The third-order valence-electron chi connectivity index (χ3n) is 2.82. The van der Waals surface area contributed by atoms with E-state index in [1.807, 2.05) is 13.0 Å². The molecule has 0 atom stereocenters. The van der Waals surface area contributed by atoms with Gasteiger partial charge >= 0.3 is 0 Å². The van der Waals surface area contributed by atoms with E-state index in [0.29, 0.717) is 6.61 Å². The molecule has 1 saturated carbocycles. The highest BCUT2D eigenvalue weighted by molar-refractivity contribution is 9.11. The van der Waals surface area contributed by atoms with Crippen LogP contribution in [-0.4, -0.2) is 13.2 Å². The maximum atomic E-state index is 5.69. The molecule has 94 valence electrons. The third kappa shape index (κ3) is 3.97. The van der Waals surface area contributed by atoms with E-state index in [-0.39, 0.29) is 0 Å². The molecule has 4 heteroatoms. The summed E-state index contributed by atoms with van der Waals surface area (Å²) in [5.74, 6) is 1.86. The van der Waals surface area contributed by atoms with E-state index in [0.717, 1.165) is 33.7 Å². The van der Waals surface area contributed by atoms with Gasteiger partial charge in [0.1, 0.15) is 5.75 Å². The van der Waals surface area contributed by atoms with Gasteiger partial charge in [-0.3, -0.25) is 0 Å². The Balaban J connectivity index is 2.05. The lowest BCUT2D eigenvalue weighted by Gasteiger charge is -2.13. The van der Waals surface area contributed by atoms with Gasteiger partial charge in [-0.05, 0) is 60.3 Å². The van der Waals surface area contributed by atoms with Crippen molar-refractivity contribution in [3.63, 3.8) is 0 Å². The molecule has 0 spiro atoms. The Bertz CT molecular complexity index is 391. The second-order valence-corrected chi connectivity index (χ2v) is 6.15. The number of ether oxygens (including phenoxy) is 1. The molecule has 0 saturated heterocycles. The van der Waals surface area contributed by atoms with Gasteiger partial charge in [0.25, 0.3) is 0 Å². The van der Waals surface area contributed by atoms with Gasteiger partial charge in [0.05, 0.1) is 11.1 Å². The fourth-order valence-electron chi connectivity index (χ4n) is 1.78. The standard InChI is InChI=1S/C13H17Br2NO/c1-2-17-13-10(5-11(14)6-12(13)15)8-16-7-9-3-4-9/h5-6,9,16H,2-4,7-8H2,1H3. The number of hydrogen-bond acceptors (Lipinski definition) is 2. The Labute approximate surface area is 119 Å². The summed E-state index contributed by atoms with van der Waals surface area (Å²) >= 11 is 7.07. The highest BCUT2D eigenvalue weighted by Crippen LogP contribution is 2.33. The van der Waals surface area contributed by atoms with Crippen molar-refractivity contribution >= 4 is 31.9 Å². The lowest BCUT2D eigenvalue weighted by molar-refractivity contribution is 0.333. The zero-order chi connectivity index (χ0) is 12.3. The third-order valence-corrected chi connectivity index (χ3v) is 3.87. The minimum atomic E-state index is 0.690. The number of halogens is 2. The predicted octanol–water partition coefficient (Wildman–Crippen LogP) is 4.11. The van der Waals surface area contributed by atoms with Crippen LogP contribution in [0.2, 0.25) is 0 Å². The average Bonchev–Trinajstić information content (AvgIpc) is 3.07. The van der Waals surface area contributed by atoms with E-state index in [2.05, 4.69) is 43.2 Å². The largest absolute Gasteiger partial charge is 0.492 e. The maximum absolute atomic E-state index is 5.69. The molecule has 1 aromatic rings. The first-order valence-electron chi connectivity index (χ1n) is 6.02. The van der Waals surface area contributed by atoms with Crippen LogP contribution in [0.15, 0.2) is 21.1 Å². The zero-order valence-electron chi connectivity index (χ0n) is 9.93. The van der Waals surface area contributed by atoms with Crippen LogP contribution in [0.25, 0.3) is 0 Å². The second-order valence-electron chi connectivity index (χ2n) is 4.38. The van der Waals surface area contributed by atoms with E-state index in [1.54, 1.807) is 0 Å². The first kappa shape index (κ1) is 13.4. The Kier molecular flexibility index (Phi) is 4.88. The molecule has 1 fully saturated rings. The monoisotopic (exact) mass is 361 g/mol. The minimum absolute atomic E-state index is 0.690. The van der Waals surface area contributed by atoms with Crippen LogP contribution in [0.1, 0.15) is 25.3 Å². The highest BCUT2D eigenvalue weighted by Gasteiger charge is 2.20. The summed E-state index contributed by atoms with van der Waals surface area (Å²) in [4.78, 5) is 0. The van der Waals surface area contributed by atoms with Gasteiger partial charge in [0.2, 0.25) is 0 Å². The summed E-state index contributed by atoms with van der Waals surface area (Å²) in [5.41, 5.74) is 1.20. The molecule has 0 amide bonds. The van der Waals surface area contributed by atoms with Crippen molar-refractivity contribution in [2.75, 3.05) is 13.2 Å². The molecule has 2 rings (SSSR count). The summed E-state index contributed by atoms with van der Waals surface area (Å²) in [6.07, 6.45) is 2.76. The van der Waals surface area contributed by atoms with Gasteiger partial charge in [-0.25, -0.2) is 0 Å². The lowest BCUT2D eigenvalue weighted by atomic mass is 10.2. The van der Waals surface area contributed by atoms with Crippen molar-refractivity contribution in [1.82, 2.24) is 5.32 Å². The van der Waals surface area contributed by atoms with Crippen molar-refractivity contribution in [2.45, 2.75) is 26.3 Å². The van der Waals surface area contributed by atoms with Crippen LogP contribution < -0.4 is 10.1 Å². The Morgan fingerprint density at radius 2 is 2.12 bits per heavy atom. The van der Waals surface area contributed by atoms with Gasteiger partial charge < -0.3 is 10.1 Å². The van der Waals surface area contributed by atoms with Crippen LogP contribution in [-0.2, 0) is 6.54 Å². The van der Waals surface area contributed by atoms with Gasteiger partial charge in [0, 0.05) is 16.6 Å². The molecule has 0 heterocycles. The molecular formula is C13H17Br2NO. The molecule has 1 aliphatic carbocycles. The highest BCUT2D eigenvalue weighted by atomic mass is 79.9. The van der Waals surface area contributed by atoms with Crippen LogP contribution in [0.3, 0.4) is 0 Å². The lowest BCUT2D eigenvalue weighted by Crippen LogP contribution is -2.17. The number of benzene rings is 1. The van der Waals surface area contributed by atoms with Crippen molar-refractivity contribution < 1.29 is 4.74 Å². The molecule has 0 aromatic heterocycles. The summed E-state index contributed by atoms with van der Waals surface area (Å²) in [7, 11) is 0. The smallest absolute Gasteiger partial charge is 0.138 e. The van der Waals surface area contributed by atoms with E-state index in [9.17, 15) is 0 Å². The molecule has 0 unspecified atom stereocenters. The number of rotatable bonds is 6. The summed E-state index contributed by atoms with van der Waals surface area (Å²) in [6.45, 7) is 4.69. The Morgan fingerprint density at radius 1 is 1.35 bits per heavy atom. The fraction of sp³-hybridized carbons (Fsp3) is 0.538. The van der Waals surface area contributed by atoms with Crippen LogP contribution in [0, 0.1) is 5.92 Å².